The molecule has 176 valence electrons. The monoisotopic (exact) mass is 470 g/mol. The van der Waals surface area contributed by atoms with E-state index in [1.165, 1.54) is 11.8 Å². The van der Waals surface area contributed by atoms with Crippen LogP contribution in [0.15, 0.2) is 46.2 Å². The minimum Gasteiger partial charge on any atom is -0.493 e. The molecule has 1 aliphatic heterocycles. The number of thioether (sulfide) groups is 1. The quantitative estimate of drug-likeness (QED) is 0.333. The Labute approximate surface area is 198 Å². The molecule has 0 amide bonds. The number of nitrogens with zero attached hydrogens (tertiary/aromatic N) is 4. The molecule has 0 bridgehead atoms. The molecule has 2 aromatic heterocycles. The van der Waals surface area contributed by atoms with Gasteiger partial charge in [0.1, 0.15) is 5.76 Å². The van der Waals surface area contributed by atoms with Crippen LogP contribution in [-0.2, 0) is 6.54 Å². The van der Waals surface area contributed by atoms with Crippen molar-refractivity contribution < 1.29 is 18.7 Å². The number of ether oxygens (including phenoxy) is 2. The van der Waals surface area contributed by atoms with Crippen molar-refractivity contribution in [2.24, 2.45) is 5.92 Å². The Bertz CT molecular complexity index is 1070. The molecule has 1 aromatic carbocycles. The second-order valence-corrected chi connectivity index (χ2v) is 9.62. The summed E-state index contributed by atoms with van der Waals surface area (Å²) >= 11 is 1.40. The van der Waals surface area contributed by atoms with Gasteiger partial charge in [-0.15, -0.1) is 10.2 Å². The van der Waals surface area contributed by atoms with Crippen LogP contribution < -0.4 is 14.4 Å². The normalized spacial score (nSPS) is 15.5. The average molecular weight is 471 g/mol. The molecule has 0 radical (unpaired) electrons. The van der Waals surface area contributed by atoms with Crippen molar-refractivity contribution >= 4 is 23.5 Å². The number of furan rings is 1. The Morgan fingerprint density at radius 2 is 1.94 bits per heavy atom. The number of hydrogen-bond acceptors (Lipinski definition) is 8. The number of hydrogen-bond donors (Lipinski definition) is 0. The number of methoxy groups -OCH3 is 2. The number of rotatable bonds is 9. The lowest BCUT2D eigenvalue weighted by Crippen LogP contribution is -2.35. The van der Waals surface area contributed by atoms with Gasteiger partial charge in [0.25, 0.3) is 0 Å². The van der Waals surface area contributed by atoms with Crippen molar-refractivity contribution in [3.63, 3.8) is 0 Å². The SMILES string of the molecule is COc1ccc(C(=O)C(C)Sc2nnc(N3CCC(C)CC3)n2Cc2ccco2)cc1OC. The Balaban J connectivity index is 1.57. The summed E-state index contributed by atoms with van der Waals surface area (Å²) in [5, 5.41) is 9.30. The van der Waals surface area contributed by atoms with E-state index in [4.69, 9.17) is 13.9 Å². The third-order valence-electron chi connectivity index (χ3n) is 5.98. The van der Waals surface area contributed by atoms with Crippen LogP contribution in [0.1, 0.15) is 42.8 Å². The van der Waals surface area contributed by atoms with E-state index in [2.05, 4.69) is 26.6 Å². The van der Waals surface area contributed by atoms with E-state index < -0.39 is 0 Å². The summed E-state index contributed by atoms with van der Waals surface area (Å²) in [4.78, 5) is 15.5. The summed E-state index contributed by atoms with van der Waals surface area (Å²) < 4.78 is 18.3. The van der Waals surface area contributed by atoms with Gasteiger partial charge in [0, 0.05) is 18.7 Å². The van der Waals surface area contributed by atoms with Gasteiger partial charge in [0.2, 0.25) is 5.95 Å². The van der Waals surface area contributed by atoms with E-state index in [9.17, 15) is 4.79 Å². The minimum atomic E-state index is -0.364. The number of aromatic nitrogens is 3. The number of piperidine rings is 1. The maximum Gasteiger partial charge on any atom is 0.228 e. The van der Waals surface area contributed by atoms with Gasteiger partial charge in [-0.05, 0) is 56.0 Å². The Hall–Kier alpha value is -2.94. The third kappa shape index (κ3) is 5.19. The molecular weight excluding hydrogens is 440 g/mol. The average Bonchev–Trinajstić information content (AvgIpc) is 3.49. The fraction of sp³-hybridized carbons (Fsp3) is 0.458. The molecular formula is C24H30N4O4S. The van der Waals surface area contributed by atoms with Crippen molar-refractivity contribution in [3.8, 4) is 11.5 Å². The summed E-state index contributed by atoms with van der Waals surface area (Å²) in [6, 6.07) is 9.03. The Morgan fingerprint density at radius 1 is 1.18 bits per heavy atom. The highest BCUT2D eigenvalue weighted by Gasteiger charge is 2.26. The minimum absolute atomic E-state index is 0.0122. The number of carbonyl (C=O) groups excluding carboxylic acids is 1. The Kier molecular flexibility index (Phi) is 7.27. The van der Waals surface area contributed by atoms with Crippen LogP contribution in [0, 0.1) is 5.92 Å². The maximum absolute atomic E-state index is 13.2. The summed E-state index contributed by atoms with van der Waals surface area (Å²) in [7, 11) is 3.13. The first-order chi connectivity index (χ1) is 16.0. The van der Waals surface area contributed by atoms with Gasteiger partial charge in [-0.3, -0.25) is 9.36 Å². The Morgan fingerprint density at radius 3 is 2.61 bits per heavy atom. The molecule has 1 saturated heterocycles. The third-order valence-corrected chi connectivity index (χ3v) is 7.06. The van der Waals surface area contributed by atoms with Crippen LogP contribution in [-0.4, -0.2) is 53.1 Å². The highest BCUT2D eigenvalue weighted by Crippen LogP contribution is 2.32. The molecule has 3 heterocycles. The van der Waals surface area contributed by atoms with Gasteiger partial charge in [0.15, 0.2) is 22.4 Å². The summed E-state index contributed by atoms with van der Waals surface area (Å²) in [5.41, 5.74) is 0.565. The van der Waals surface area contributed by atoms with Gasteiger partial charge in [-0.2, -0.15) is 0 Å². The molecule has 0 spiro atoms. The molecule has 1 fully saturated rings. The van der Waals surface area contributed by atoms with Crippen LogP contribution in [0.5, 0.6) is 11.5 Å². The van der Waals surface area contributed by atoms with Gasteiger partial charge >= 0.3 is 0 Å². The van der Waals surface area contributed by atoms with Gasteiger partial charge in [-0.25, -0.2) is 0 Å². The first-order valence-electron chi connectivity index (χ1n) is 11.1. The molecule has 4 rings (SSSR count). The van der Waals surface area contributed by atoms with E-state index in [-0.39, 0.29) is 11.0 Å². The largest absolute Gasteiger partial charge is 0.493 e. The molecule has 0 saturated carbocycles. The van der Waals surface area contributed by atoms with E-state index in [0.29, 0.717) is 28.8 Å². The molecule has 1 atom stereocenters. The number of benzene rings is 1. The summed E-state index contributed by atoms with van der Waals surface area (Å²) in [5.74, 6) is 3.47. The van der Waals surface area contributed by atoms with Crippen molar-refractivity contribution in [2.45, 2.75) is 43.6 Å². The fourth-order valence-electron chi connectivity index (χ4n) is 3.94. The van der Waals surface area contributed by atoms with Crippen LogP contribution in [0.2, 0.25) is 0 Å². The standard InChI is InChI=1S/C24H30N4O4S/c1-16-9-11-27(12-10-16)23-25-26-24(28(23)15-19-6-5-13-32-19)33-17(2)22(29)18-7-8-20(30-3)21(14-18)31-4/h5-8,13-14,16-17H,9-12,15H2,1-4H3. The van der Waals surface area contributed by atoms with Crippen molar-refractivity contribution in [1.82, 2.24) is 14.8 Å². The zero-order valence-electron chi connectivity index (χ0n) is 19.5. The first kappa shape index (κ1) is 23.2. The van der Waals surface area contributed by atoms with Crippen molar-refractivity contribution in [1.29, 1.82) is 0 Å². The fourth-order valence-corrected chi connectivity index (χ4v) is 4.86. The molecule has 3 aromatic rings. The lowest BCUT2D eigenvalue weighted by molar-refractivity contribution is 0.0993. The van der Waals surface area contributed by atoms with E-state index >= 15 is 0 Å². The van der Waals surface area contributed by atoms with E-state index in [1.807, 2.05) is 19.1 Å². The molecule has 0 N–H and O–H groups in total. The second kappa shape index (κ2) is 10.3. The van der Waals surface area contributed by atoms with E-state index in [1.54, 1.807) is 38.7 Å². The topological polar surface area (TPSA) is 82.6 Å². The highest BCUT2D eigenvalue weighted by molar-refractivity contribution is 8.00. The van der Waals surface area contributed by atoms with Crippen molar-refractivity contribution in [3.05, 3.63) is 47.9 Å². The van der Waals surface area contributed by atoms with Gasteiger partial charge in [-0.1, -0.05) is 18.7 Å². The predicted molar refractivity (Wildman–Crippen MR) is 128 cm³/mol. The number of carbonyl (C=O) groups is 1. The molecule has 0 aliphatic carbocycles. The van der Waals surface area contributed by atoms with Crippen LogP contribution in [0.4, 0.5) is 5.95 Å². The molecule has 9 heteroatoms. The first-order valence-corrected chi connectivity index (χ1v) is 12.0. The molecule has 1 aliphatic rings. The van der Waals surface area contributed by atoms with Crippen molar-refractivity contribution in [2.75, 3.05) is 32.2 Å². The number of Topliss-reactive ketones (excluding diaryl/α,β-unsaturated/α-hetero) is 1. The predicted octanol–water partition coefficient (Wildman–Crippen LogP) is 4.54. The van der Waals surface area contributed by atoms with Crippen LogP contribution in [0.25, 0.3) is 0 Å². The summed E-state index contributed by atoms with van der Waals surface area (Å²) in [6.45, 7) is 6.58. The number of ketones is 1. The van der Waals surface area contributed by atoms with Crippen LogP contribution >= 0.6 is 11.8 Å². The second-order valence-electron chi connectivity index (χ2n) is 8.31. The lowest BCUT2D eigenvalue weighted by atomic mass is 10.00. The zero-order valence-corrected chi connectivity index (χ0v) is 20.3. The molecule has 1 unspecified atom stereocenters. The number of anilines is 1. The van der Waals surface area contributed by atoms with Crippen LogP contribution in [0.3, 0.4) is 0 Å². The summed E-state index contributed by atoms with van der Waals surface area (Å²) in [6.07, 6.45) is 3.92. The smallest absolute Gasteiger partial charge is 0.228 e. The molecule has 33 heavy (non-hydrogen) atoms. The lowest BCUT2D eigenvalue weighted by Gasteiger charge is -2.31. The van der Waals surface area contributed by atoms with Gasteiger partial charge < -0.3 is 18.8 Å². The van der Waals surface area contributed by atoms with Gasteiger partial charge in [0.05, 0.1) is 32.3 Å². The maximum atomic E-state index is 13.2. The zero-order chi connectivity index (χ0) is 23.4. The molecule has 8 nitrogen and oxygen atoms in total. The van der Waals surface area contributed by atoms with E-state index in [0.717, 1.165) is 43.6 Å². The highest BCUT2D eigenvalue weighted by atomic mass is 32.2.